The summed E-state index contributed by atoms with van der Waals surface area (Å²) in [6.07, 6.45) is 1.42. The van der Waals surface area contributed by atoms with Crippen molar-refractivity contribution < 1.29 is 18.0 Å². The molecule has 2 aromatic rings. The fourth-order valence-electron chi connectivity index (χ4n) is 3.44. The van der Waals surface area contributed by atoms with E-state index in [4.69, 9.17) is 11.6 Å². The van der Waals surface area contributed by atoms with Crippen molar-refractivity contribution in [1.82, 2.24) is 10.2 Å². The molecule has 0 saturated heterocycles. The van der Waals surface area contributed by atoms with Gasteiger partial charge in [-0.3, -0.25) is 13.9 Å². The predicted octanol–water partition coefficient (Wildman–Crippen LogP) is 3.28. The van der Waals surface area contributed by atoms with Crippen molar-refractivity contribution in [3.8, 4) is 0 Å². The quantitative estimate of drug-likeness (QED) is 0.598. The first-order chi connectivity index (χ1) is 15.0. The number of hydrogen-bond acceptors (Lipinski definition) is 4. The molecule has 174 valence electrons. The number of carbonyl (C=O) groups is 2. The highest BCUT2D eigenvalue weighted by atomic mass is 35.5. The molecule has 0 fully saturated rings. The lowest BCUT2D eigenvalue weighted by atomic mass is 10.1. The number of nitrogens with zero attached hydrogens (tertiary/aromatic N) is 2. The maximum atomic E-state index is 13.5. The molecule has 2 amide bonds. The first kappa shape index (κ1) is 25.7. The van der Waals surface area contributed by atoms with Crippen molar-refractivity contribution in [2.45, 2.75) is 39.8 Å². The highest BCUT2D eigenvalue weighted by Gasteiger charge is 2.31. The van der Waals surface area contributed by atoms with Crippen LogP contribution < -0.4 is 9.62 Å². The topological polar surface area (TPSA) is 86.8 Å². The molecule has 1 unspecified atom stereocenters. The molecule has 7 nitrogen and oxygen atoms in total. The molecule has 1 N–H and O–H groups in total. The number of aryl methyl sites for hydroxylation is 1. The van der Waals surface area contributed by atoms with Gasteiger partial charge < -0.3 is 10.2 Å². The van der Waals surface area contributed by atoms with Gasteiger partial charge in [0.1, 0.15) is 12.6 Å². The number of hydrogen-bond donors (Lipinski definition) is 1. The summed E-state index contributed by atoms with van der Waals surface area (Å²) in [6.45, 7) is 5.20. The van der Waals surface area contributed by atoms with Crippen LogP contribution in [-0.2, 0) is 26.2 Å². The van der Waals surface area contributed by atoms with Crippen LogP contribution in [-0.4, -0.2) is 51.0 Å². The van der Waals surface area contributed by atoms with Crippen LogP contribution in [0.4, 0.5) is 5.69 Å². The van der Waals surface area contributed by atoms with Gasteiger partial charge in [-0.2, -0.15) is 0 Å². The molecule has 1 atom stereocenters. The zero-order valence-corrected chi connectivity index (χ0v) is 20.6. The Morgan fingerprint density at radius 1 is 1.09 bits per heavy atom. The molecular formula is C23H30ClN3O4S. The average Bonchev–Trinajstić information content (AvgIpc) is 2.74. The molecule has 0 aliphatic rings. The Balaban J connectivity index is 2.46. The third-order valence-electron chi connectivity index (χ3n) is 5.29. The number of carbonyl (C=O) groups excluding carboxylic acids is 2. The number of halogens is 1. The summed E-state index contributed by atoms with van der Waals surface area (Å²) in [7, 11) is -2.28. The highest BCUT2D eigenvalue weighted by Crippen LogP contribution is 2.28. The standard InChI is InChI=1S/C23H30ClN3O4S/c1-6-20(23(29)25-4)26(14-18-12-10-16(2)11-13-18)22(28)15-27(32(5,30)31)21-9-7-8-19(24)17(21)3/h7-13,20H,6,14-15H2,1-5H3,(H,25,29). The number of sulfonamides is 1. The number of nitrogens with one attached hydrogen (secondary N) is 1. The van der Waals surface area contributed by atoms with Gasteiger partial charge in [-0.05, 0) is 43.5 Å². The van der Waals surface area contributed by atoms with Gasteiger partial charge in [-0.15, -0.1) is 0 Å². The van der Waals surface area contributed by atoms with Crippen molar-refractivity contribution in [3.05, 3.63) is 64.2 Å². The van der Waals surface area contributed by atoms with Crippen molar-refractivity contribution in [2.75, 3.05) is 24.2 Å². The molecule has 0 aliphatic heterocycles. The monoisotopic (exact) mass is 479 g/mol. The van der Waals surface area contributed by atoms with Crippen LogP contribution in [0.2, 0.25) is 5.02 Å². The summed E-state index contributed by atoms with van der Waals surface area (Å²) < 4.78 is 26.3. The molecule has 32 heavy (non-hydrogen) atoms. The predicted molar refractivity (Wildman–Crippen MR) is 128 cm³/mol. The van der Waals surface area contributed by atoms with E-state index in [-0.39, 0.29) is 12.5 Å². The van der Waals surface area contributed by atoms with Crippen LogP contribution in [0.5, 0.6) is 0 Å². The van der Waals surface area contributed by atoms with Gasteiger partial charge in [0.25, 0.3) is 0 Å². The van der Waals surface area contributed by atoms with E-state index in [1.807, 2.05) is 38.1 Å². The molecule has 0 bridgehead atoms. The van der Waals surface area contributed by atoms with Gasteiger partial charge >= 0.3 is 0 Å². The van der Waals surface area contributed by atoms with Gasteiger partial charge in [0, 0.05) is 18.6 Å². The van der Waals surface area contributed by atoms with Gasteiger partial charge in [0.05, 0.1) is 11.9 Å². The second-order valence-electron chi connectivity index (χ2n) is 7.70. The van der Waals surface area contributed by atoms with Crippen molar-refractivity contribution in [3.63, 3.8) is 0 Å². The molecule has 0 saturated carbocycles. The van der Waals surface area contributed by atoms with Crippen LogP contribution in [0.15, 0.2) is 42.5 Å². The third kappa shape index (κ3) is 6.23. The van der Waals surface area contributed by atoms with E-state index in [1.165, 1.54) is 11.9 Å². The Hall–Kier alpha value is -2.58. The SMILES string of the molecule is CCC(C(=O)NC)N(Cc1ccc(C)cc1)C(=O)CN(c1cccc(Cl)c1C)S(C)(=O)=O. The number of rotatable bonds is 9. The van der Waals surface area contributed by atoms with Gasteiger partial charge in [-0.1, -0.05) is 54.4 Å². The number of likely N-dealkylation sites (N-methyl/N-ethyl adjacent to an activating group) is 1. The molecule has 0 spiro atoms. The van der Waals surface area contributed by atoms with Gasteiger partial charge in [0.2, 0.25) is 21.8 Å². The fourth-order valence-corrected chi connectivity index (χ4v) is 4.51. The van der Waals surface area contributed by atoms with E-state index in [2.05, 4.69) is 5.32 Å². The molecule has 0 radical (unpaired) electrons. The maximum Gasteiger partial charge on any atom is 0.244 e. The first-order valence-corrected chi connectivity index (χ1v) is 12.5. The Kier molecular flexibility index (Phi) is 8.69. The van der Waals surface area contributed by atoms with Crippen LogP contribution in [0.25, 0.3) is 0 Å². The Morgan fingerprint density at radius 2 is 1.72 bits per heavy atom. The lowest BCUT2D eigenvalue weighted by molar-refractivity contribution is -0.140. The minimum absolute atomic E-state index is 0.178. The summed E-state index contributed by atoms with van der Waals surface area (Å²) in [5.41, 5.74) is 2.80. The maximum absolute atomic E-state index is 13.5. The third-order valence-corrected chi connectivity index (χ3v) is 6.83. The number of anilines is 1. The molecule has 0 aliphatic carbocycles. The Bertz CT molecular complexity index is 1070. The smallest absolute Gasteiger partial charge is 0.244 e. The van der Waals surface area contributed by atoms with E-state index in [0.29, 0.717) is 22.7 Å². The van der Waals surface area contributed by atoms with Crippen molar-refractivity contribution in [1.29, 1.82) is 0 Å². The van der Waals surface area contributed by atoms with Crippen LogP contribution >= 0.6 is 11.6 Å². The van der Waals surface area contributed by atoms with Crippen LogP contribution in [0, 0.1) is 13.8 Å². The zero-order valence-electron chi connectivity index (χ0n) is 19.1. The largest absolute Gasteiger partial charge is 0.357 e. The molecule has 0 aromatic heterocycles. The summed E-state index contributed by atoms with van der Waals surface area (Å²) in [5.74, 6) is -0.788. The summed E-state index contributed by atoms with van der Waals surface area (Å²) >= 11 is 6.19. The van der Waals surface area contributed by atoms with Crippen molar-refractivity contribution in [2.24, 2.45) is 0 Å². The molecule has 2 aromatic carbocycles. The lowest BCUT2D eigenvalue weighted by Gasteiger charge is -2.33. The highest BCUT2D eigenvalue weighted by molar-refractivity contribution is 7.92. The molecular weight excluding hydrogens is 450 g/mol. The Morgan fingerprint density at radius 3 is 2.25 bits per heavy atom. The van der Waals surface area contributed by atoms with E-state index in [9.17, 15) is 18.0 Å². The first-order valence-electron chi connectivity index (χ1n) is 10.3. The van der Waals surface area contributed by atoms with E-state index in [0.717, 1.165) is 21.7 Å². The van der Waals surface area contributed by atoms with Gasteiger partial charge in [0.15, 0.2) is 0 Å². The van der Waals surface area contributed by atoms with E-state index < -0.39 is 28.5 Å². The van der Waals surface area contributed by atoms with Crippen LogP contribution in [0.1, 0.15) is 30.0 Å². The number of amides is 2. The second-order valence-corrected chi connectivity index (χ2v) is 10.0. The fraction of sp³-hybridized carbons (Fsp3) is 0.391. The average molecular weight is 480 g/mol. The Labute approximate surface area is 195 Å². The molecule has 0 heterocycles. The zero-order chi connectivity index (χ0) is 24.1. The van der Waals surface area contributed by atoms with Crippen LogP contribution in [0.3, 0.4) is 0 Å². The molecule has 2 rings (SSSR count). The number of benzene rings is 2. The minimum Gasteiger partial charge on any atom is -0.357 e. The van der Waals surface area contributed by atoms with E-state index in [1.54, 1.807) is 25.1 Å². The van der Waals surface area contributed by atoms with Crippen molar-refractivity contribution >= 4 is 39.1 Å². The van der Waals surface area contributed by atoms with Gasteiger partial charge in [-0.25, -0.2) is 8.42 Å². The second kappa shape index (κ2) is 10.8. The minimum atomic E-state index is -3.80. The summed E-state index contributed by atoms with van der Waals surface area (Å²) in [4.78, 5) is 27.4. The van der Waals surface area contributed by atoms with E-state index >= 15 is 0 Å². The normalized spacial score (nSPS) is 12.2. The summed E-state index contributed by atoms with van der Waals surface area (Å²) in [6, 6.07) is 11.8. The summed E-state index contributed by atoms with van der Waals surface area (Å²) in [5, 5.41) is 3.00. The molecule has 9 heteroatoms. The lowest BCUT2D eigenvalue weighted by Crippen LogP contribution is -2.51.